The van der Waals surface area contributed by atoms with Gasteiger partial charge in [0.25, 0.3) is 5.91 Å². The van der Waals surface area contributed by atoms with E-state index in [1.165, 1.54) is 0 Å². The Bertz CT molecular complexity index is 1550. The molecule has 1 aromatic heterocycles. The van der Waals surface area contributed by atoms with Gasteiger partial charge < -0.3 is 9.80 Å². The average molecular weight is 629 g/mol. The minimum Gasteiger partial charge on any atom is -0.339 e. The van der Waals surface area contributed by atoms with Gasteiger partial charge in [0.2, 0.25) is 5.91 Å². The molecule has 0 N–H and O–H groups in total. The van der Waals surface area contributed by atoms with Crippen molar-refractivity contribution in [3.8, 4) is 17.1 Å². The molecule has 0 spiro atoms. The number of hydrogen-bond donors (Lipinski definition) is 0. The number of amides is 2. The van der Waals surface area contributed by atoms with E-state index in [9.17, 15) is 9.59 Å². The Morgan fingerprint density at radius 2 is 1.68 bits per heavy atom. The van der Waals surface area contributed by atoms with Crippen LogP contribution in [0.15, 0.2) is 78.0 Å². The molecule has 3 aromatic carbocycles. The topological polar surface area (TPSA) is 71.3 Å². The smallest absolute Gasteiger partial charge is 0.255 e. The summed E-state index contributed by atoms with van der Waals surface area (Å²) < 4.78 is 2.00. The molecule has 0 aliphatic carbocycles. The second-order valence-corrected chi connectivity index (χ2v) is 12.0. The SMILES string of the molecule is CC1CN(C(=O)CCCSc2nnc(-c3ccccc3Cl)n2-c2ccccc2)CCN1C(=O)c1ccc(Cl)cc1Cl. The summed E-state index contributed by atoms with van der Waals surface area (Å²) in [4.78, 5) is 29.7. The molecule has 1 aliphatic heterocycles. The Morgan fingerprint density at radius 3 is 2.41 bits per heavy atom. The number of nitrogens with zero attached hydrogens (tertiary/aromatic N) is 5. The number of carbonyl (C=O) groups is 2. The van der Waals surface area contributed by atoms with Crippen molar-refractivity contribution in [2.45, 2.75) is 31.0 Å². The monoisotopic (exact) mass is 627 g/mol. The fourth-order valence-corrected chi connectivity index (χ4v) is 6.44. The first-order valence-corrected chi connectivity index (χ1v) is 15.4. The number of halogens is 3. The van der Waals surface area contributed by atoms with E-state index in [0.29, 0.717) is 64.7 Å². The van der Waals surface area contributed by atoms with E-state index in [2.05, 4.69) is 10.2 Å². The van der Waals surface area contributed by atoms with Crippen LogP contribution in [-0.2, 0) is 4.79 Å². The van der Waals surface area contributed by atoms with Crippen LogP contribution in [-0.4, -0.2) is 67.8 Å². The van der Waals surface area contributed by atoms with Crippen molar-refractivity contribution in [3.63, 3.8) is 0 Å². The summed E-state index contributed by atoms with van der Waals surface area (Å²) in [6.07, 6.45) is 1.09. The zero-order chi connectivity index (χ0) is 28.9. The molecule has 212 valence electrons. The Labute approximate surface area is 258 Å². The Kier molecular flexibility index (Phi) is 9.55. The first-order chi connectivity index (χ1) is 19.8. The second kappa shape index (κ2) is 13.3. The maximum Gasteiger partial charge on any atom is 0.255 e. The van der Waals surface area contributed by atoms with Gasteiger partial charge >= 0.3 is 0 Å². The predicted octanol–water partition coefficient (Wildman–Crippen LogP) is 7.14. The fraction of sp³-hybridized carbons (Fsp3) is 0.267. The zero-order valence-electron chi connectivity index (χ0n) is 22.3. The van der Waals surface area contributed by atoms with Crippen LogP contribution in [0.4, 0.5) is 0 Å². The molecule has 4 aromatic rings. The molecule has 0 bridgehead atoms. The normalized spacial score (nSPS) is 15.3. The Morgan fingerprint density at radius 1 is 0.927 bits per heavy atom. The number of piperazine rings is 1. The molecule has 2 amide bonds. The number of benzene rings is 3. The summed E-state index contributed by atoms with van der Waals surface area (Å²) in [6, 6.07) is 22.2. The summed E-state index contributed by atoms with van der Waals surface area (Å²) in [5.41, 5.74) is 2.16. The van der Waals surface area contributed by atoms with Crippen LogP contribution in [0.25, 0.3) is 17.1 Å². The molecule has 1 aliphatic rings. The number of hydrogen-bond acceptors (Lipinski definition) is 5. The molecule has 1 atom stereocenters. The zero-order valence-corrected chi connectivity index (χ0v) is 25.4. The third-order valence-electron chi connectivity index (χ3n) is 6.93. The number of aromatic nitrogens is 3. The molecule has 2 heterocycles. The van der Waals surface area contributed by atoms with Crippen LogP contribution >= 0.6 is 46.6 Å². The van der Waals surface area contributed by atoms with Crippen LogP contribution in [0, 0.1) is 0 Å². The summed E-state index contributed by atoms with van der Waals surface area (Å²) in [5, 5.41) is 11.1. The highest BCUT2D eigenvalue weighted by Crippen LogP contribution is 2.32. The van der Waals surface area contributed by atoms with Gasteiger partial charge in [0, 0.05) is 54.1 Å². The predicted molar refractivity (Wildman–Crippen MR) is 165 cm³/mol. The minimum atomic E-state index is -0.152. The van der Waals surface area contributed by atoms with E-state index in [0.717, 1.165) is 16.4 Å². The van der Waals surface area contributed by atoms with Crippen molar-refractivity contribution >= 4 is 58.4 Å². The summed E-state index contributed by atoms with van der Waals surface area (Å²) in [7, 11) is 0. The molecule has 1 saturated heterocycles. The van der Waals surface area contributed by atoms with Gasteiger partial charge in [-0.25, -0.2) is 0 Å². The molecule has 41 heavy (non-hydrogen) atoms. The van der Waals surface area contributed by atoms with Gasteiger partial charge in [0.15, 0.2) is 11.0 Å². The highest BCUT2D eigenvalue weighted by Gasteiger charge is 2.31. The van der Waals surface area contributed by atoms with Crippen LogP contribution in [0.1, 0.15) is 30.1 Å². The molecule has 1 fully saturated rings. The molecular weight excluding hydrogens is 601 g/mol. The van der Waals surface area contributed by atoms with Gasteiger partial charge in [0.1, 0.15) is 0 Å². The molecule has 11 heteroatoms. The fourth-order valence-electron chi connectivity index (χ4n) is 4.84. The van der Waals surface area contributed by atoms with Gasteiger partial charge in [-0.3, -0.25) is 14.2 Å². The first-order valence-electron chi connectivity index (χ1n) is 13.3. The van der Waals surface area contributed by atoms with Crippen molar-refractivity contribution < 1.29 is 9.59 Å². The number of para-hydroxylation sites is 1. The van der Waals surface area contributed by atoms with E-state index >= 15 is 0 Å². The van der Waals surface area contributed by atoms with E-state index in [1.807, 2.05) is 71.0 Å². The lowest BCUT2D eigenvalue weighted by atomic mass is 10.1. The lowest BCUT2D eigenvalue weighted by Gasteiger charge is -2.40. The summed E-state index contributed by atoms with van der Waals surface area (Å²) >= 11 is 20.3. The standard InChI is InChI=1S/C30H28Cl3N5O2S/c1-20-19-36(15-16-37(20)29(40)24-14-13-21(31)18-26(24)33)27(39)12-7-17-41-30-35-34-28(23-10-5-6-11-25(23)32)38(30)22-8-3-2-4-9-22/h2-6,8-11,13-14,18,20H,7,12,15-17,19H2,1H3. The van der Waals surface area contributed by atoms with Crippen LogP contribution in [0.5, 0.6) is 0 Å². The Balaban J connectivity index is 1.18. The maximum atomic E-state index is 13.1. The van der Waals surface area contributed by atoms with Crippen LogP contribution in [0.3, 0.4) is 0 Å². The largest absolute Gasteiger partial charge is 0.339 e. The van der Waals surface area contributed by atoms with E-state index in [1.54, 1.807) is 34.9 Å². The van der Waals surface area contributed by atoms with Crippen molar-refractivity contribution in [1.82, 2.24) is 24.6 Å². The van der Waals surface area contributed by atoms with E-state index < -0.39 is 0 Å². The van der Waals surface area contributed by atoms with Crippen molar-refractivity contribution in [3.05, 3.63) is 93.4 Å². The highest BCUT2D eigenvalue weighted by molar-refractivity contribution is 7.99. The average Bonchev–Trinajstić information content (AvgIpc) is 3.39. The summed E-state index contributed by atoms with van der Waals surface area (Å²) in [6.45, 7) is 3.36. The van der Waals surface area contributed by atoms with E-state index in [4.69, 9.17) is 34.8 Å². The first kappa shape index (κ1) is 29.5. The summed E-state index contributed by atoms with van der Waals surface area (Å²) in [5.74, 6) is 1.29. The lowest BCUT2D eigenvalue weighted by Crippen LogP contribution is -2.55. The molecule has 5 rings (SSSR count). The van der Waals surface area contributed by atoms with Crippen molar-refractivity contribution in [1.29, 1.82) is 0 Å². The number of rotatable bonds is 8. The van der Waals surface area contributed by atoms with E-state index in [-0.39, 0.29) is 17.9 Å². The van der Waals surface area contributed by atoms with Crippen molar-refractivity contribution in [2.24, 2.45) is 0 Å². The highest BCUT2D eigenvalue weighted by atomic mass is 35.5. The minimum absolute atomic E-state index is 0.0790. The van der Waals surface area contributed by atoms with Gasteiger partial charge in [-0.2, -0.15) is 0 Å². The third kappa shape index (κ3) is 6.72. The number of thioether (sulfide) groups is 1. The number of carbonyl (C=O) groups excluding carboxylic acids is 2. The molecule has 7 nitrogen and oxygen atoms in total. The molecular formula is C30H28Cl3N5O2S. The quantitative estimate of drug-likeness (QED) is 0.153. The van der Waals surface area contributed by atoms with Gasteiger partial charge in [-0.05, 0) is 55.8 Å². The van der Waals surface area contributed by atoms with Crippen LogP contribution < -0.4 is 0 Å². The van der Waals surface area contributed by atoms with Crippen molar-refractivity contribution in [2.75, 3.05) is 25.4 Å². The van der Waals surface area contributed by atoms with Gasteiger partial charge in [0.05, 0.1) is 15.6 Å². The third-order valence-corrected chi connectivity index (χ3v) is 8.82. The van der Waals surface area contributed by atoms with Gasteiger partial charge in [-0.1, -0.05) is 76.9 Å². The molecule has 0 radical (unpaired) electrons. The molecule has 0 saturated carbocycles. The Hall–Kier alpha value is -3.04. The van der Waals surface area contributed by atoms with Crippen LogP contribution in [0.2, 0.25) is 15.1 Å². The second-order valence-electron chi connectivity index (χ2n) is 9.72. The van der Waals surface area contributed by atoms with Gasteiger partial charge in [-0.15, -0.1) is 10.2 Å². The lowest BCUT2D eigenvalue weighted by molar-refractivity contribution is -0.133. The molecule has 1 unspecified atom stereocenters. The maximum absolute atomic E-state index is 13.1.